The molecule has 0 spiro atoms. The van der Waals surface area contributed by atoms with E-state index in [-0.39, 0.29) is 11.4 Å². The lowest BCUT2D eigenvalue weighted by atomic mass is 10.1. The molecule has 0 saturated heterocycles. The van der Waals surface area contributed by atoms with E-state index >= 15 is 0 Å². The molecule has 6 aromatic rings. The Morgan fingerprint density at radius 2 is 1.02 bits per heavy atom. The molecule has 0 aromatic carbocycles. The van der Waals surface area contributed by atoms with Gasteiger partial charge in [-0.1, -0.05) is 13.8 Å². The Bertz CT molecular complexity index is 2070. The molecule has 6 heterocycles. The van der Waals surface area contributed by atoms with Crippen LogP contribution < -0.4 is 0 Å². The highest BCUT2D eigenvalue weighted by Gasteiger charge is 2.23. The van der Waals surface area contributed by atoms with Crippen LogP contribution in [0.3, 0.4) is 0 Å². The highest BCUT2D eigenvalue weighted by Crippen LogP contribution is 2.52. The van der Waals surface area contributed by atoms with Gasteiger partial charge in [-0.2, -0.15) is 20.2 Å². The molecule has 0 fully saturated rings. The van der Waals surface area contributed by atoms with E-state index in [1.165, 1.54) is 49.8 Å². The maximum Gasteiger partial charge on any atom is 0.520 e. The molecule has 0 aliphatic carbocycles. The maximum absolute atomic E-state index is 9.09. The number of fused-ring (bicyclic) bond motifs is 1. The van der Waals surface area contributed by atoms with E-state index in [9.17, 15) is 0 Å². The lowest BCUT2D eigenvalue weighted by Crippen LogP contribution is -1.77. The van der Waals surface area contributed by atoms with Crippen LogP contribution in [0.2, 0.25) is 0 Å². The summed E-state index contributed by atoms with van der Waals surface area (Å²) in [5.41, 5.74) is 2.94. The van der Waals surface area contributed by atoms with E-state index in [2.05, 4.69) is 59.9 Å². The summed E-state index contributed by atoms with van der Waals surface area (Å²) >= 11 is 10.6. The zero-order chi connectivity index (χ0) is 30.8. The third-order valence-electron chi connectivity index (χ3n) is 6.84. The highest BCUT2D eigenvalue weighted by molar-refractivity contribution is 7.35. The van der Waals surface area contributed by atoms with Crippen LogP contribution in [0.4, 0.5) is 0 Å². The summed E-state index contributed by atoms with van der Waals surface area (Å²) in [4.78, 5) is 18.3. The van der Waals surface area contributed by atoms with E-state index in [1.54, 1.807) is 57.5 Å². The summed E-state index contributed by atoms with van der Waals surface area (Å²) < 4.78 is 2.78. The number of nitrogens with zero attached hydrogens (tertiary/aromatic N) is 4. The van der Waals surface area contributed by atoms with Crippen LogP contribution in [-0.4, -0.2) is 0 Å². The first kappa shape index (κ1) is 29.9. The van der Waals surface area contributed by atoms with Gasteiger partial charge >= 0.3 is 5.82 Å². The first-order valence-corrected chi connectivity index (χ1v) is 18.4. The van der Waals surface area contributed by atoms with E-state index in [0.29, 0.717) is 0 Å². The van der Waals surface area contributed by atoms with Gasteiger partial charge in [0.2, 0.25) is 0 Å². The molecule has 6 aromatic heterocycles. The van der Waals surface area contributed by atoms with Crippen molar-refractivity contribution in [3.8, 4) is 51.2 Å². The van der Waals surface area contributed by atoms with Crippen molar-refractivity contribution >= 4 is 89.6 Å². The molecule has 6 rings (SSSR count). The van der Waals surface area contributed by atoms with Gasteiger partial charge in [-0.05, 0) is 78.6 Å². The molecule has 10 heteroatoms. The van der Waals surface area contributed by atoms with Gasteiger partial charge in [0.05, 0.1) is 0 Å². The molecule has 0 N–H and O–H groups in total. The number of allylic oxidation sites excluding steroid dienone is 1. The highest BCUT2D eigenvalue weighted by atomic mass is 32.1. The summed E-state index contributed by atoms with van der Waals surface area (Å²) in [5, 5.41) is 18.2. The molecule has 4 nitrogen and oxygen atoms in total. The fourth-order valence-electron chi connectivity index (χ4n) is 4.82. The standard InChI is InChI=1S/C34H20N4S6/c1-5-22-31(28-13-11-26(41-28)24-9-7-20(39-24)15-19(17-35)18-36)43-34-23(6-2)32(44-33(22)34)29-14-12-27(42-29)25-10-8-21(40-25)16-30(37-3)38-4/h7-16H,5-6H2,1-2H3. The van der Waals surface area contributed by atoms with Gasteiger partial charge in [-0.15, -0.1) is 68.0 Å². The third-order valence-corrected chi connectivity index (χ3v) is 14.5. The lowest BCUT2D eigenvalue weighted by Gasteiger charge is -2.01. The minimum Gasteiger partial charge on any atom is -0.192 e. The van der Waals surface area contributed by atoms with Crippen molar-refractivity contribution in [2.75, 3.05) is 0 Å². The molecule has 0 unspecified atom stereocenters. The van der Waals surface area contributed by atoms with E-state index < -0.39 is 0 Å². The van der Waals surface area contributed by atoms with Crippen molar-refractivity contribution < 1.29 is 0 Å². The first-order valence-electron chi connectivity index (χ1n) is 13.5. The SMILES string of the molecule is [C-]#[N+]C(=Cc1ccc(-c2ccc(-c3sc4c(CC)c(-c5ccc(-c6ccc(C=C(C#N)C#N)s6)s5)sc4c3CC)s2)s1)[N+]#[C-]. The van der Waals surface area contributed by atoms with Crippen LogP contribution >= 0.6 is 68.0 Å². The Morgan fingerprint density at radius 3 is 1.45 bits per heavy atom. The van der Waals surface area contributed by atoms with Gasteiger partial charge < -0.3 is 0 Å². The second kappa shape index (κ2) is 12.9. The molecule has 0 radical (unpaired) electrons. The predicted octanol–water partition coefficient (Wildman–Crippen LogP) is 12.6. The smallest absolute Gasteiger partial charge is 0.192 e. The summed E-state index contributed by atoms with van der Waals surface area (Å²) in [6, 6.07) is 20.8. The molecular formula is C34H20N4S6. The van der Waals surface area contributed by atoms with Crippen LogP contribution in [0, 0.1) is 35.8 Å². The number of rotatable bonds is 8. The molecule has 0 amide bonds. The fourth-order valence-corrected chi connectivity index (χ4v) is 12.4. The molecular weight excluding hydrogens is 657 g/mol. The van der Waals surface area contributed by atoms with E-state index in [4.69, 9.17) is 23.7 Å². The van der Waals surface area contributed by atoms with Crippen LogP contribution in [-0.2, 0) is 12.8 Å². The number of hydrogen-bond acceptors (Lipinski definition) is 8. The Hall–Kier alpha value is -4.10. The Kier molecular flexibility index (Phi) is 8.76. The van der Waals surface area contributed by atoms with Gasteiger partial charge in [-0.3, -0.25) is 0 Å². The van der Waals surface area contributed by atoms with Crippen molar-refractivity contribution in [1.29, 1.82) is 10.5 Å². The third kappa shape index (κ3) is 5.61. The van der Waals surface area contributed by atoms with Crippen LogP contribution in [0.1, 0.15) is 34.7 Å². The van der Waals surface area contributed by atoms with Crippen molar-refractivity contribution in [2.24, 2.45) is 0 Å². The Morgan fingerprint density at radius 1 is 0.614 bits per heavy atom. The van der Waals surface area contributed by atoms with Crippen molar-refractivity contribution in [3.05, 3.63) is 104 Å². The number of aryl methyl sites for hydroxylation is 2. The molecule has 0 saturated carbocycles. The summed E-state index contributed by atoms with van der Waals surface area (Å²) in [5.74, 6) is 0.0848. The monoisotopic (exact) mass is 676 g/mol. The molecule has 0 atom stereocenters. The van der Waals surface area contributed by atoms with Gasteiger partial charge in [-0.25, -0.2) is 0 Å². The lowest BCUT2D eigenvalue weighted by molar-refractivity contribution is 1.17. The van der Waals surface area contributed by atoms with Crippen molar-refractivity contribution in [1.82, 2.24) is 0 Å². The number of thiophene rings is 6. The molecule has 0 aliphatic rings. The molecule has 44 heavy (non-hydrogen) atoms. The first-order chi connectivity index (χ1) is 21.5. The number of nitriles is 2. The molecule has 0 aliphatic heterocycles. The quantitative estimate of drug-likeness (QED) is 0.119. The second-order valence-electron chi connectivity index (χ2n) is 9.42. The molecule has 0 bridgehead atoms. The Balaban J connectivity index is 1.32. The molecule has 212 valence electrons. The van der Waals surface area contributed by atoms with Gasteiger partial charge in [0, 0.05) is 64.2 Å². The van der Waals surface area contributed by atoms with Gasteiger partial charge in [0.25, 0.3) is 0 Å². The summed E-state index contributed by atoms with van der Waals surface area (Å²) in [6.45, 7) is 18.8. The normalized spacial score (nSPS) is 10.6. The topological polar surface area (TPSA) is 56.3 Å². The zero-order valence-electron chi connectivity index (χ0n) is 23.4. The minimum absolute atomic E-state index is 0.0848. The average molecular weight is 677 g/mol. The zero-order valence-corrected chi connectivity index (χ0v) is 28.3. The van der Waals surface area contributed by atoms with E-state index in [1.807, 2.05) is 46.9 Å². The summed E-state index contributed by atoms with van der Waals surface area (Å²) in [7, 11) is 0. The van der Waals surface area contributed by atoms with Crippen LogP contribution in [0.25, 0.3) is 70.3 Å². The van der Waals surface area contributed by atoms with Gasteiger partial charge in [0.1, 0.15) is 30.9 Å². The predicted molar refractivity (Wildman–Crippen MR) is 192 cm³/mol. The largest absolute Gasteiger partial charge is 0.520 e. The summed E-state index contributed by atoms with van der Waals surface area (Å²) in [6.07, 6.45) is 5.22. The number of hydrogen-bond donors (Lipinski definition) is 0. The maximum atomic E-state index is 9.09. The average Bonchev–Trinajstić information content (AvgIpc) is 3.88. The minimum atomic E-state index is 0.0848. The second-order valence-corrected chi connectivity index (χ2v) is 15.9. The fraction of sp³-hybridized carbons (Fsp3) is 0.118. The van der Waals surface area contributed by atoms with Gasteiger partial charge in [0.15, 0.2) is 0 Å². The van der Waals surface area contributed by atoms with Crippen molar-refractivity contribution in [3.63, 3.8) is 0 Å². The van der Waals surface area contributed by atoms with Crippen LogP contribution in [0.5, 0.6) is 0 Å². The van der Waals surface area contributed by atoms with Crippen molar-refractivity contribution in [2.45, 2.75) is 26.7 Å². The van der Waals surface area contributed by atoms with E-state index in [0.717, 1.165) is 32.4 Å². The van der Waals surface area contributed by atoms with Crippen LogP contribution in [0.15, 0.2) is 59.9 Å². The Labute approximate surface area is 279 Å².